The molecule has 0 radical (unpaired) electrons. The number of halogens is 2. The van der Waals surface area contributed by atoms with Gasteiger partial charge in [-0.2, -0.15) is 0 Å². The molecule has 112 valence electrons. The van der Waals surface area contributed by atoms with E-state index in [-0.39, 0.29) is 11.9 Å². The minimum absolute atomic E-state index is 0.254. The van der Waals surface area contributed by atoms with Crippen LogP contribution in [0.2, 0.25) is 10.0 Å². The van der Waals surface area contributed by atoms with Crippen molar-refractivity contribution in [2.75, 3.05) is 4.90 Å². The smallest absolute Gasteiger partial charge is 0.337 e. The third-order valence-electron chi connectivity index (χ3n) is 2.76. The van der Waals surface area contributed by atoms with Crippen molar-refractivity contribution in [1.29, 1.82) is 0 Å². The number of hydrogen-bond donors (Lipinski definition) is 2. The second-order valence-corrected chi connectivity index (χ2v) is 5.56. The molecule has 0 aliphatic carbocycles. The molecule has 2 N–H and O–H groups in total. The number of carbonyl (C=O) groups excluding carboxylic acids is 1. The van der Waals surface area contributed by atoms with E-state index < -0.39 is 11.7 Å². The molecule has 6 nitrogen and oxygen atoms in total. The number of aromatic hydroxyl groups is 1. The maximum Gasteiger partial charge on any atom is 0.337 e. The molecule has 0 aliphatic rings. The molecule has 0 spiro atoms. The molecular weight excluding hydrogens is 317 g/mol. The Labute approximate surface area is 130 Å². The maximum absolute atomic E-state index is 12.5. The van der Waals surface area contributed by atoms with Crippen LogP contribution in [0, 0.1) is 0 Å². The normalized spacial score (nSPS) is 10.9. The molecule has 1 aromatic heterocycles. The van der Waals surface area contributed by atoms with Gasteiger partial charge in [-0.3, -0.25) is 9.88 Å². The van der Waals surface area contributed by atoms with E-state index in [1.54, 1.807) is 32.0 Å². The number of hydrogen-bond acceptors (Lipinski definition) is 3. The van der Waals surface area contributed by atoms with Crippen LogP contribution in [-0.2, 0) is 0 Å². The van der Waals surface area contributed by atoms with Crippen molar-refractivity contribution >= 4 is 34.9 Å². The number of aromatic nitrogens is 2. The topological polar surface area (TPSA) is 78.3 Å². The second-order valence-electron chi connectivity index (χ2n) is 4.69. The van der Waals surface area contributed by atoms with Crippen LogP contribution in [0.5, 0.6) is 5.88 Å². The zero-order valence-electron chi connectivity index (χ0n) is 11.3. The molecule has 21 heavy (non-hydrogen) atoms. The number of imidazole rings is 1. The van der Waals surface area contributed by atoms with Crippen LogP contribution < -0.4 is 10.6 Å². The largest absolute Gasteiger partial charge is 0.493 e. The van der Waals surface area contributed by atoms with Gasteiger partial charge in [0.1, 0.15) is 0 Å². The van der Waals surface area contributed by atoms with Crippen molar-refractivity contribution in [1.82, 2.24) is 9.55 Å². The van der Waals surface area contributed by atoms with Gasteiger partial charge in [0.2, 0.25) is 5.88 Å². The molecular formula is C13H13Cl2N3O3. The highest BCUT2D eigenvalue weighted by molar-refractivity contribution is 6.35. The lowest BCUT2D eigenvalue weighted by atomic mass is 10.2. The fraction of sp³-hybridized carbons (Fsp3) is 0.231. The monoisotopic (exact) mass is 329 g/mol. The first-order valence-electron chi connectivity index (χ1n) is 6.10. The Morgan fingerprint density at radius 3 is 2.29 bits per heavy atom. The molecule has 1 heterocycles. The molecule has 0 atom stereocenters. The number of aromatic amines is 1. The van der Waals surface area contributed by atoms with E-state index in [1.807, 2.05) is 0 Å². The molecule has 0 saturated heterocycles. The Morgan fingerprint density at radius 1 is 1.29 bits per heavy atom. The number of rotatable bonds is 2. The van der Waals surface area contributed by atoms with Gasteiger partial charge in [0.05, 0.1) is 6.20 Å². The molecule has 0 aliphatic heterocycles. The van der Waals surface area contributed by atoms with Gasteiger partial charge in [0.25, 0.3) is 0 Å². The van der Waals surface area contributed by atoms with Crippen LogP contribution >= 0.6 is 23.2 Å². The number of nitrogens with one attached hydrogen (secondary N) is 1. The number of anilines is 1. The molecule has 0 saturated carbocycles. The summed E-state index contributed by atoms with van der Waals surface area (Å²) in [5, 5.41) is 10.0. The quantitative estimate of drug-likeness (QED) is 0.888. The summed E-state index contributed by atoms with van der Waals surface area (Å²) in [6, 6.07) is 3.82. The van der Waals surface area contributed by atoms with Crippen LogP contribution in [0.25, 0.3) is 0 Å². The average Bonchev–Trinajstić information content (AvgIpc) is 2.66. The first kappa shape index (κ1) is 15.5. The van der Waals surface area contributed by atoms with Gasteiger partial charge in [-0.1, -0.05) is 23.2 Å². The lowest BCUT2D eigenvalue weighted by Crippen LogP contribution is -2.43. The molecule has 1 aromatic carbocycles. The van der Waals surface area contributed by atoms with E-state index in [2.05, 4.69) is 4.98 Å². The van der Waals surface area contributed by atoms with E-state index in [0.29, 0.717) is 15.7 Å². The number of nitrogens with zero attached hydrogens (tertiary/aromatic N) is 2. The van der Waals surface area contributed by atoms with Gasteiger partial charge >= 0.3 is 11.7 Å². The number of benzene rings is 1. The Kier molecular flexibility index (Phi) is 4.29. The SMILES string of the molecule is CC(C)N(C(=O)n1cc(O)[nH]c1=O)c1cc(Cl)cc(Cl)c1. The van der Waals surface area contributed by atoms with Gasteiger partial charge in [0.15, 0.2) is 0 Å². The first-order valence-corrected chi connectivity index (χ1v) is 6.85. The van der Waals surface area contributed by atoms with Gasteiger partial charge < -0.3 is 5.11 Å². The summed E-state index contributed by atoms with van der Waals surface area (Å²) in [4.78, 5) is 27.6. The van der Waals surface area contributed by atoms with Gasteiger partial charge in [-0.15, -0.1) is 0 Å². The maximum atomic E-state index is 12.5. The van der Waals surface area contributed by atoms with Gasteiger partial charge in [-0.05, 0) is 32.0 Å². The molecule has 0 unspecified atom stereocenters. The first-order chi connectivity index (χ1) is 9.79. The average molecular weight is 330 g/mol. The zero-order valence-corrected chi connectivity index (χ0v) is 12.8. The minimum Gasteiger partial charge on any atom is -0.493 e. The van der Waals surface area contributed by atoms with Crippen molar-refractivity contribution in [2.24, 2.45) is 0 Å². The van der Waals surface area contributed by atoms with Crippen LogP contribution in [0.1, 0.15) is 13.8 Å². The molecule has 0 fully saturated rings. The van der Waals surface area contributed by atoms with Crippen molar-refractivity contribution in [3.63, 3.8) is 0 Å². The predicted molar refractivity (Wildman–Crippen MR) is 81.6 cm³/mol. The highest BCUT2D eigenvalue weighted by atomic mass is 35.5. The van der Waals surface area contributed by atoms with E-state index >= 15 is 0 Å². The Balaban J connectivity index is 2.51. The number of H-pyrrole nitrogens is 1. The minimum atomic E-state index is -0.726. The highest BCUT2D eigenvalue weighted by Gasteiger charge is 2.23. The van der Waals surface area contributed by atoms with E-state index in [1.165, 1.54) is 4.90 Å². The lowest BCUT2D eigenvalue weighted by molar-refractivity contribution is 0.245. The molecule has 2 aromatic rings. The number of carbonyl (C=O) groups is 1. The van der Waals surface area contributed by atoms with Crippen LogP contribution in [0.4, 0.5) is 10.5 Å². The van der Waals surface area contributed by atoms with Crippen LogP contribution in [0.3, 0.4) is 0 Å². The standard InChI is InChI=1S/C13H13Cl2N3O3/c1-7(2)18(10-4-8(14)3-9(15)5-10)13(21)17-6-11(19)16-12(17)20/h3-7,19H,1-2H3,(H,16,20). The summed E-state index contributed by atoms with van der Waals surface area (Å²) < 4.78 is 0.782. The fourth-order valence-electron chi connectivity index (χ4n) is 1.95. The fourth-order valence-corrected chi connectivity index (χ4v) is 2.46. The molecule has 2 rings (SSSR count). The summed E-state index contributed by atoms with van der Waals surface area (Å²) in [6.45, 7) is 3.56. The van der Waals surface area contributed by atoms with Gasteiger partial charge in [-0.25, -0.2) is 14.2 Å². The van der Waals surface area contributed by atoms with E-state index in [0.717, 1.165) is 10.8 Å². The third-order valence-corrected chi connectivity index (χ3v) is 3.20. The van der Waals surface area contributed by atoms with Gasteiger partial charge in [0, 0.05) is 21.8 Å². The Hall–Kier alpha value is -1.92. The summed E-state index contributed by atoms with van der Waals surface area (Å²) in [7, 11) is 0. The third kappa shape index (κ3) is 3.22. The highest BCUT2D eigenvalue weighted by Crippen LogP contribution is 2.27. The molecule has 8 heteroatoms. The van der Waals surface area contributed by atoms with Crippen molar-refractivity contribution < 1.29 is 9.90 Å². The Morgan fingerprint density at radius 2 is 1.86 bits per heavy atom. The number of amides is 1. The van der Waals surface area contributed by atoms with Crippen LogP contribution in [-0.4, -0.2) is 26.7 Å². The molecule has 1 amide bonds. The van der Waals surface area contributed by atoms with Crippen molar-refractivity contribution in [3.05, 3.63) is 44.9 Å². The summed E-state index contributed by atoms with van der Waals surface area (Å²) in [5.74, 6) is -0.388. The van der Waals surface area contributed by atoms with E-state index in [4.69, 9.17) is 23.2 Å². The zero-order chi connectivity index (χ0) is 15.7. The van der Waals surface area contributed by atoms with Crippen molar-refractivity contribution in [2.45, 2.75) is 19.9 Å². The summed E-state index contributed by atoms with van der Waals surface area (Å²) in [6.07, 6.45) is 1.02. The van der Waals surface area contributed by atoms with Crippen molar-refractivity contribution in [3.8, 4) is 5.88 Å². The summed E-state index contributed by atoms with van der Waals surface area (Å²) >= 11 is 11.9. The summed E-state index contributed by atoms with van der Waals surface area (Å²) in [5.41, 5.74) is -0.267. The second kappa shape index (κ2) is 5.83. The lowest BCUT2D eigenvalue weighted by Gasteiger charge is -2.26. The Bertz CT molecular complexity index is 716. The molecule has 0 bridgehead atoms. The van der Waals surface area contributed by atoms with Crippen LogP contribution in [0.15, 0.2) is 29.2 Å². The predicted octanol–water partition coefficient (Wildman–Crippen LogP) is 3.07. The van der Waals surface area contributed by atoms with E-state index in [9.17, 15) is 14.7 Å².